The zero-order chi connectivity index (χ0) is 13.0. The van der Waals surface area contributed by atoms with E-state index < -0.39 is 15.7 Å². The van der Waals surface area contributed by atoms with Crippen molar-refractivity contribution in [2.24, 2.45) is 0 Å². The molecular weight excluding hydrogens is 236 g/mol. The van der Waals surface area contributed by atoms with E-state index in [1.165, 1.54) is 0 Å². The van der Waals surface area contributed by atoms with Crippen molar-refractivity contribution >= 4 is 9.76 Å². The highest BCUT2D eigenvalue weighted by Gasteiger charge is 2.31. The standard InChI is InChI=1S/C12H28O4Si/c1-4-14-12(15-5-2,16-6-3)10-8-7-9-11-17-13/h13H,4-11,17H2,1-3H3. The summed E-state index contributed by atoms with van der Waals surface area (Å²) in [6, 6.07) is 1.00. The van der Waals surface area contributed by atoms with Crippen molar-refractivity contribution in [3.05, 3.63) is 0 Å². The number of unbranched alkanes of at least 4 members (excludes halogenated alkanes) is 2. The molecule has 0 aliphatic rings. The Balaban J connectivity index is 4.05. The molecule has 0 heterocycles. The molecule has 17 heavy (non-hydrogen) atoms. The minimum Gasteiger partial charge on any atom is -0.438 e. The van der Waals surface area contributed by atoms with Gasteiger partial charge in [0.1, 0.15) is 0 Å². The summed E-state index contributed by atoms with van der Waals surface area (Å²) in [5.41, 5.74) is 0. The van der Waals surface area contributed by atoms with Crippen molar-refractivity contribution in [3.8, 4) is 0 Å². The van der Waals surface area contributed by atoms with E-state index >= 15 is 0 Å². The van der Waals surface area contributed by atoms with Crippen LogP contribution in [0.2, 0.25) is 6.04 Å². The molecule has 0 aromatic carbocycles. The molecule has 0 aromatic heterocycles. The molecule has 104 valence electrons. The van der Waals surface area contributed by atoms with Gasteiger partial charge in [-0.1, -0.05) is 12.8 Å². The lowest BCUT2D eigenvalue weighted by molar-refractivity contribution is -0.380. The second-order valence-electron chi connectivity index (χ2n) is 3.87. The molecule has 0 spiro atoms. The number of hydrogen-bond acceptors (Lipinski definition) is 4. The molecule has 0 aliphatic carbocycles. The first-order valence-corrected chi connectivity index (χ1v) is 8.40. The molecule has 0 fully saturated rings. The van der Waals surface area contributed by atoms with Crippen LogP contribution in [0.25, 0.3) is 0 Å². The second kappa shape index (κ2) is 11.2. The third kappa shape index (κ3) is 7.89. The van der Waals surface area contributed by atoms with Gasteiger partial charge in [-0.3, -0.25) is 0 Å². The summed E-state index contributed by atoms with van der Waals surface area (Å²) in [6.07, 6.45) is 3.97. The lowest BCUT2D eigenvalue weighted by atomic mass is 10.2. The normalized spacial score (nSPS) is 12.7. The van der Waals surface area contributed by atoms with Crippen LogP contribution in [0.15, 0.2) is 0 Å². The first-order chi connectivity index (χ1) is 8.24. The van der Waals surface area contributed by atoms with Crippen molar-refractivity contribution in [1.82, 2.24) is 0 Å². The summed E-state index contributed by atoms with van der Waals surface area (Å²) in [7, 11) is -0.771. The second-order valence-corrected chi connectivity index (χ2v) is 5.02. The predicted octanol–water partition coefficient (Wildman–Crippen LogP) is 1.80. The maximum absolute atomic E-state index is 8.84. The lowest BCUT2D eigenvalue weighted by Gasteiger charge is -2.32. The minimum absolute atomic E-state index is 0.587. The summed E-state index contributed by atoms with van der Waals surface area (Å²) in [4.78, 5) is 8.84. The predicted molar refractivity (Wildman–Crippen MR) is 71.6 cm³/mol. The first kappa shape index (κ1) is 17.1. The lowest BCUT2D eigenvalue weighted by Crippen LogP contribution is -2.39. The average molecular weight is 264 g/mol. The molecule has 1 N–H and O–H groups in total. The van der Waals surface area contributed by atoms with Gasteiger partial charge in [-0.2, -0.15) is 0 Å². The molecule has 5 heteroatoms. The van der Waals surface area contributed by atoms with Gasteiger partial charge >= 0.3 is 0 Å². The quantitative estimate of drug-likeness (QED) is 0.332. The third-order valence-electron chi connectivity index (χ3n) is 2.48. The molecule has 0 rings (SSSR count). The van der Waals surface area contributed by atoms with Gasteiger partial charge in [-0.25, -0.2) is 0 Å². The van der Waals surface area contributed by atoms with Gasteiger partial charge in [0, 0.05) is 26.2 Å². The molecule has 0 unspecified atom stereocenters. The van der Waals surface area contributed by atoms with Crippen LogP contribution in [0.4, 0.5) is 0 Å². The Kier molecular flexibility index (Phi) is 11.2. The molecular formula is C12H28O4Si. The van der Waals surface area contributed by atoms with Crippen molar-refractivity contribution < 1.29 is 19.0 Å². The molecule has 0 aromatic rings. The molecule has 4 nitrogen and oxygen atoms in total. The van der Waals surface area contributed by atoms with Gasteiger partial charge < -0.3 is 19.0 Å². The van der Waals surface area contributed by atoms with E-state index in [-0.39, 0.29) is 0 Å². The monoisotopic (exact) mass is 264 g/mol. The Morgan fingerprint density at radius 1 is 0.882 bits per heavy atom. The summed E-state index contributed by atoms with van der Waals surface area (Å²) in [5, 5.41) is 0. The molecule has 0 saturated heterocycles. The third-order valence-corrected chi connectivity index (χ3v) is 3.30. The molecule has 0 radical (unpaired) electrons. The fourth-order valence-electron chi connectivity index (χ4n) is 1.81. The summed E-state index contributed by atoms with van der Waals surface area (Å²) in [6.45, 7) is 7.61. The summed E-state index contributed by atoms with van der Waals surface area (Å²) < 4.78 is 16.9. The van der Waals surface area contributed by atoms with Gasteiger partial charge in [0.2, 0.25) is 0 Å². The molecule has 0 bridgehead atoms. The zero-order valence-corrected chi connectivity index (χ0v) is 13.0. The number of ether oxygens (including phenoxy) is 3. The minimum atomic E-state index is -0.852. The van der Waals surface area contributed by atoms with Crippen LogP contribution in [-0.4, -0.2) is 40.4 Å². The highest BCUT2D eigenvalue weighted by molar-refractivity contribution is 6.25. The number of hydrogen-bond donors (Lipinski definition) is 1. The summed E-state index contributed by atoms with van der Waals surface area (Å²) >= 11 is 0. The van der Waals surface area contributed by atoms with E-state index in [0.29, 0.717) is 19.8 Å². The van der Waals surface area contributed by atoms with Crippen molar-refractivity contribution in [3.63, 3.8) is 0 Å². The van der Waals surface area contributed by atoms with Crippen molar-refractivity contribution in [1.29, 1.82) is 0 Å². The Hall–Kier alpha value is 0.0569. The molecule has 0 aliphatic heterocycles. The molecule has 0 atom stereocenters. The van der Waals surface area contributed by atoms with Crippen LogP contribution in [0.1, 0.15) is 46.5 Å². The highest BCUT2D eigenvalue weighted by Crippen LogP contribution is 2.23. The van der Waals surface area contributed by atoms with Crippen LogP contribution in [0.3, 0.4) is 0 Å². The van der Waals surface area contributed by atoms with E-state index in [9.17, 15) is 0 Å². The fourth-order valence-corrected chi connectivity index (χ4v) is 2.39. The molecule has 0 saturated carbocycles. The van der Waals surface area contributed by atoms with Crippen molar-refractivity contribution in [2.75, 3.05) is 19.8 Å². The fraction of sp³-hybridized carbons (Fsp3) is 1.00. The van der Waals surface area contributed by atoms with E-state index in [4.69, 9.17) is 19.0 Å². The maximum atomic E-state index is 8.84. The first-order valence-electron chi connectivity index (χ1n) is 6.77. The van der Waals surface area contributed by atoms with E-state index in [2.05, 4.69) is 0 Å². The van der Waals surface area contributed by atoms with Gasteiger partial charge in [0.15, 0.2) is 9.76 Å². The van der Waals surface area contributed by atoms with E-state index in [0.717, 1.165) is 31.7 Å². The van der Waals surface area contributed by atoms with E-state index in [1.807, 2.05) is 20.8 Å². The Labute approximate surface area is 108 Å². The Bertz CT molecular complexity index is 150. The molecule has 0 amide bonds. The van der Waals surface area contributed by atoms with Crippen LogP contribution in [0.5, 0.6) is 0 Å². The SMILES string of the molecule is CCOC(CCCCC[SiH2]O)(OCC)OCC. The number of rotatable bonds is 12. The maximum Gasteiger partial charge on any atom is 0.282 e. The van der Waals surface area contributed by atoms with E-state index in [1.54, 1.807) is 0 Å². The highest BCUT2D eigenvalue weighted by atomic mass is 28.2. The van der Waals surface area contributed by atoms with Gasteiger partial charge in [-0.15, -0.1) is 0 Å². The Morgan fingerprint density at radius 3 is 1.82 bits per heavy atom. The van der Waals surface area contributed by atoms with Gasteiger partial charge in [0.05, 0.1) is 0 Å². The average Bonchev–Trinajstić information content (AvgIpc) is 2.30. The van der Waals surface area contributed by atoms with Gasteiger partial charge in [-0.05, 0) is 33.2 Å². The van der Waals surface area contributed by atoms with Gasteiger partial charge in [0.25, 0.3) is 5.97 Å². The van der Waals surface area contributed by atoms with Crippen LogP contribution < -0.4 is 0 Å². The smallest absolute Gasteiger partial charge is 0.282 e. The van der Waals surface area contributed by atoms with Crippen LogP contribution in [-0.2, 0) is 14.2 Å². The van der Waals surface area contributed by atoms with Crippen LogP contribution >= 0.6 is 0 Å². The Morgan fingerprint density at radius 2 is 1.41 bits per heavy atom. The largest absolute Gasteiger partial charge is 0.438 e. The van der Waals surface area contributed by atoms with Crippen molar-refractivity contribution in [2.45, 2.75) is 58.5 Å². The van der Waals surface area contributed by atoms with Crippen LogP contribution in [0, 0.1) is 0 Å². The topological polar surface area (TPSA) is 47.9 Å². The summed E-state index contributed by atoms with van der Waals surface area (Å²) in [5.74, 6) is -0.852. The zero-order valence-electron chi connectivity index (χ0n) is 11.5.